The summed E-state index contributed by atoms with van der Waals surface area (Å²) in [6, 6.07) is 5.47. The van der Waals surface area contributed by atoms with Crippen LogP contribution in [-0.2, 0) is 6.61 Å². The molecule has 0 radical (unpaired) electrons. The average Bonchev–Trinajstić information content (AvgIpc) is 2.31. The number of rotatable bonds is 3. The molecule has 0 spiro atoms. The molecule has 0 amide bonds. The summed E-state index contributed by atoms with van der Waals surface area (Å²) < 4.78 is 5.52. The molecule has 0 atom stereocenters. The fraction of sp³-hybridized carbons (Fsp3) is 0.250. The van der Waals surface area contributed by atoms with Gasteiger partial charge in [-0.3, -0.25) is 0 Å². The molecule has 0 aliphatic carbocycles. The van der Waals surface area contributed by atoms with Gasteiger partial charge < -0.3 is 4.74 Å². The predicted octanol–water partition coefficient (Wildman–Crippen LogP) is 2.72. The van der Waals surface area contributed by atoms with Gasteiger partial charge in [-0.05, 0) is 37.1 Å². The number of hydrogen-bond donors (Lipinski definition) is 0. The Bertz CT molecular complexity index is 531. The van der Waals surface area contributed by atoms with Crippen molar-refractivity contribution in [1.29, 1.82) is 0 Å². The van der Waals surface area contributed by atoms with E-state index in [1.165, 1.54) is 0 Å². The topological polar surface area (TPSA) is 47.9 Å². The van der Waals surface area contributed by atoms with Crippen molar-refractivity contribution < 1.29 is 4.74 Å². The van der Waals surface area contributed by atoms with Crippen LogP contribution in [-0.4, -0.2) is 15.2 Å². The highest BCUT2D eigenvalue weighted by Crippen LogP contribution is 2.13. The number of aromatic nitrogens is 3. The summed E-state index contributed by atoms with van der Waals surface area (Å²) in [6.07, 6.45) is 1.65. The lowest BCUT2D eigenvalue weighted by Crippen LogP contribution is -2.00. The Hall–Kier alpha value is -1.68. The average molecular weight is 250 g/mol. The first-order chi connectivity index (χ1) is 8.15. The first-order valence-electron chi connectivity index (χ1n) is 5.19. The highest BCUT2D eigenvalue weighted by atomic mass is 35.5. The number of halogens is 1. The van der Waals surface area contributed by atoms with Gasteiger partial charge in [0, 0.05) is 12.3 Å². The summed E-state index contributed by atoms with van der Waals surface area (Å²) in [5, 5.41) is 8.41. The molecule has 2 aromatic rings. The summed E-state index contributed by atoms with van der Waals surface area (Å²) in [6.45, 7) is 4.29. The van der Waals surface area contributed by atoms with Crippen LogP contribution in [0.15, 0.2) is 24.4 Å². The van der Waals surface area contributed by atoms with Crippen molar-refractivity contribution in [2.24, 2.45) is 0 Å². The van der Waals surface area contributed by atoms with E-state index < -0.39 is 0 Å². The maximum atomic E-state index is 5.78. The van der Waals surface area contributed by atoms with E-state index in [-0.39, 0.29) is 0 Å². The normalized spacial score (nSPS) is 10.3. The molecule has 0 fully saturated rings. The minimum absolute atomic E-state index is 0.402. The molecule has 2 rings (SSSR count). The largest absolute Gasteiger partial charge is 0.472 e. The lowest BCUT2D eigenvalue weighted by molar-refractivity contribution is 0.289. The van der Waals surface area contributed by atoms with E-state index in [9.17, 15) is 0 Å². The van der Waals surface area contributed by atoms with Gasteiger partial charge in [0.05, 0.1) is 5.69 Å². The summed E-state index contributed by atoms with van der Waals surface area (Å²) >= 11 is 5.78. The molecule has 0 saturated carbocycles. The van der Waals surface area contributed by atoms with E-state index in [0.717, 1.165) is 16.8 Å². The van der Waals surface area contributed by atoms with Crippen molar-refractivity contribution in [3.63, 3.8) is 0 Å². The molecule has 2 heterocycles. The molecule has 0 unspecified atom stereocenters. The zero-order chi connectivity index (χ0) is 12.3. The van der Waals surface area contributed by atoms with Gasteiger partial charge in [-0.25, -0.2) is 4.98 Å². The van der Waals surface area contributed by atoms with Gasteiger partial charge in [0.25, 0.3) is 0 Å². The molecule has 0 aliphatic rings. The Morgan fingerprint density at radius 2 is 2.06 bits per heavy atom. The lowest BCUT2D eigenvalue weighted by Gasteiger charge is -2.06. The first kappa shape index (κ1) is 11.8. The summed E-state index contributed by atoms with van der Waals surface area (Å²) in [5.74, 6) is 0.515. The number of hydrogen-bond acceptors (Lipinski definition) is 4. The third-order valence-electron chi connectivity index (χ3n) is 2.39. The molecule has 0 aliphatic heterocycles. The van der Waals surface area contributed by atoms with Crippen LogP contribution in [0, 0.1) is 13.8 Å². The fourth-order valence-corrected chi connectivity index (χ4v) is 1.48. The molecule has 2 aromatic heterocycles. The number of ether oxygens (including phenoxy) is 1. The van der Waals surface area contributed by atoms with E-state index in [1.54, 1.807) is 12.3 Å². The van der Waals surface area contributed by atoms with Crippen LogP contribution in [0.2, 0.25) is 5.15 Å². The van der Waals surface area contributed by atoms with Crippen LogP contribution in [0.5, 0.6) is 5.88 Å². The van der Waals surface area contributed by atoms with E-state index in [2.05, 4.69) is 15.2 Å². The van der Waals surface area contributed by atoms with Crippen molar-refractivity contribution >= 4 is 11.6 Å². The van der Waals surface area contributed by atoms with Gasteiger partial charge in [0.15, 0.2) is 0 Å². The standard InChI is InChI=1S/C12H12ClN3O/c1-8-5-12(16-15-9(8)2)17-7-10-3-4-14-11(13)6-10/h3-6H,7H2,1-2H3. The Kier molecular flexibility index (Phi) is 3.54. The van der Waals surface area contributed by atoms with E-state index >= 15 is 0 Å². The minimum Gasteiger partial charge on any atom is -0.472 e. The van der Waals surface area contributed by atoms with Crippen molar-refractivity contribution in [1.82, 2.24) is 15.2 Å². The lowest BCUT2D eigenvalue weighted by atomic mass is 10.2. The molecular weight excluding hydrogens is 238 g/mol. The van der Waals surface area contributed by atoms with Gasteiger partial charge in [-0.15, -0.1) is 5.10 Å². The summed E-state index contributed by atoms with van der Waals surface area (Å²) in [4.78, 5) is 3.90. The Labute approximate surface area is 105 Å². The van der Waals surface area contributed by atoms with Gasteiger partial charge >= 0.3 is 0 Å². The van der Waals surface area contributed by atoms with Crippen molar-refractivity contribution in [3.05, 3.63) is 46.4 Å². The smallest absolute Gasteiger partial charge is 0.233 e. The molecule has 88 valence electrons. The van der Waals surface area contributed by atoms with Crippen molar-refractivity contribution in [2.75, 3.05) is 0 Å². The van der Waals surface area contributed by atoms with Crippen LogP contribution < -0.4 is 4.74 Å². The van der Waals surface area contributed by atoms with E-state index in [0.29, 0.717) is 17.6 Å². The third kappa shape index (κ3) is 3.14. The quantitative estimate of drug-likeness (QED) is 0.785. The van der Waals surface area contributed by atoms with Gasteiger partial charge in [0.2, 0.25) is 5.88 Å². The van der Waals surface area contributed by atoms with Crippen LogP contribution in [0.4, 0.5) is 0 Å². The Morgan fingerprint density at radius 1 is 1.24 bits per heavy atom. The third-order valence-corrected chi connectivity index (χ3v) is 2.59. The zero-order valence-electron chi connectivity index (χ0n) is 9.64. The molecule has 5 heteroatoms. The maximum absolute atomic E-state index is 5.78. The Morgan fingerprint density at radius 3 is 2.76 bits per heavy atom. The summed E-state index contributed by atoms with van der Waals surface area (Å²) in [7, 11) is 0. The first-order valence-corrected chi connectivity index (χ1v) is 5.57. The molecule has 0 saturated heterocycles. The monoisotopic (exact) mass is 249 g/mol. The number of nitrogens with zero attached hydrogens (tertiary/aromatic N) is 3. The molecule has 4 nitrogen and oxygen atoms in total. The highest BCUT2D eigenvalue weighted by Gasteiger charge is 2.01. The van der Waals surface area contributed by atoms with E-state index in [4.69, 9.17) is 16.3 Å². The molecular formula is C12H12ClN3O. The number of pyridine rings is 1. The second-order valence-corrected chi connectivity index (χ2v) is 4.11. The van der Waals surface area contributed by atoms with Crippen LogP contribution >= 0.6 is 11.6 Å². The predicted molar refractivity (Wildman–Crippen MR) is 65.1 cm³/mol. The zero-order valence-corrected chi connectivity index (χ0v) is 10.4. The van der Waals surface area contributed by atoms with Gasteiger partial charge in [-0.2, -0.15) is 5.10 Å². The molecule has 0 N–H and O–H groups in total. The van der Waals surface area contributed by atoms with Crippen LogP contribution in [0.1, 0.15) is 16.8 Å². The van der Waals surface area contributed by atoms with Crippen molar-refractivity contribution in [2.45, 2.75) is 20.5 Å². The molecule has 0 aromatic carbocycles. The minimum atomic E-state index is 0.402. The van der Waals surface area contributed by atoms with E-state index in [1.807, 2.05) is 26.0 Å². The second-order valence-electron chi connectivity index (χ2n) is 3.73. The summed E-state index contributed by atoms with van der Waals surface area (Å²) in [5.41, 5.74) is 2.91. The second kappa shape index (κ2) is 5.10. The Balaban J connectivity index is 2.05. The van der Waals surface area contributed by atoms with Crippen LogP contribution in [0.25, 0.3) is 0 Å². The maximum Gasteiger partial charge on any atom is 0.233 e. The molecule has 17 heavy (non-hydrogen) atoms. The van der Waals surface area contributed by atoms with Gasteiger partial charge in [-0.1, -0.05) is 11.6 Å². The SMILES string of the molecule is Cc1cc(OCc2ccnc(Cl)c2)nnc1C. The van der Waals surface area contributed by atoms with Crippen LogP contribution in [0.3, 0.4) is 0 Å². The highest BCUT2D eigenvalue weighted by molar-refractivity contribution is 6.29. The fourth-order valence-electron chi connectivity index (χ4n) is 1.28. The van der Waals surface area contributed by atoms with Crippen molar-refractivity contribution in [3.8, 4) is 5.88 Å². The van der Waals surface area contributed by atoms with Gasteiger partial charge in [0.1, 0.15) is 11.8 Å². The molecule has 0 bridgehead atoms. The number of aryl methyl sites for hydroxylation is 2.